The van der Waals surface area contributed by atoms with Crippen molar-refractivity contribution < 1.29 is 14.5 Å². The Bertz CT molecular complexity index is 1180. The highest BCUT2D eigenvalue weighted by atomic mass is 32.2. The lowest BCUT2D eigenvalue weighted by molar-refractivity contribution is -0.384. The van der Waals surface area contributed by atoms with Crippen LogP contribution in [0.15, 0.2) is 66.3 Å². The molecule has 33 heavy (non-hydrogen) atoms. The average molecular weight is 467 g/mol. The number of allylic oxidation sites excluding steroid dienone is 1. The number of aryl methyl sites for hydroxylation is 1. The van der Waals surface area contributed by atoms with Crippen molar-refractivity contribution in [2.75, 3.05) is 11.1 Å². The van der Waals surface area contributed by atoms with Crippen LogP contribution in [-0.4, -0.2) is 37.3 Å². The van der Waals surface area contributed by atoms with Crippen LogP contribution in [0.3, 0.4) is 0 Å². The van der Waals surface area contributed by atoms with E-state index in [1.165, 1.54) is 36.0 Å². The summed E-state index contributed by atoms with van der Waals surface area (Å²) in [6.45, 7) is 6.19. The van der Waals surface area contributed by atoms with Crippen LogP contribution in [0.4, 0.5) is 11.4 Å². The molecular weight excluding hydrogens is 444 g/mol. The third kappa shape index (κ3) is 6.26. The number of nitrogens with one attached hydrogen (secondary N) is 2. The van der Waals surface area contributed by atoms with Crippen LogP contribution in [0, 0.1) is 17.0 Å². The predicted octanol–water partition coefficient (Wildman–Crippen LogP) is 3.34. The van der Waals surface area contributed by atoms with Crippen molar-refractivity contribution in [2.24, 2.45) is 0 Å². The van der Waals surface area contributed by atoms with Gasteiger partial charge in [-0.15, -0.1) is 16.8 Å². The van der Waals surface area contributed by atoms with Gasteiger partial charge < -0.3 is 15.2 Å². The molecule has 0 atom stereocenters. The smallest absolute Gasteiger partial charge is 0.269 e. The number of thioether (sulfide) groups is 1. The van der Waals surface area contributed by atoms with Crippen molar-refractivity contribution in [1.82, 2.24) is 20.1 Å². The first kappa shape index (κ1) is 23.7. The van der Waals surface area contributed by atoms with Gasteiger partial charge in [-0.2, -0.15) is 0 Å². The minimum Gasteiger partial charge on any atom is -0.345 e. The molecule has 2 N–H and O–H groups in total. The summed E-state index contributed by atoms with van der Waals surface area (Å²) in [5.74, 6) is 0.0893. The van der Waals surface area contributed by atoms with Crippen molar-refractivity contribution in [3.63, 3.8) is 0 Å². The molecular formula is C22H22N6O4S. The zero-order valence-corrected chi connectivity index (χ0v) is 18.7. The number of carbonyl (C=O) groups excluding carboxylic acids is 2. The largest absolute Gasteiger partial charge is 0.345 e. The number of nitrogens with zero attached hydrogens (tertiary/aromatic N) is 4. The van der Waals surface area contributed by atoms with Gasteiger partial charge in [0, 0.05) is 29.9 Å². The van der Waals surface area contributed by atoms with Crippen molar-refractivity contribution in [3.05, 3.63) is 88.3 Å². The molecule has 170 valence electrons. The lowest BCUT2D eigenvalue weighted by Gasteiger charge is -2.10. The van der Waals surface area contributed by atoms with Crippen molar-refractivity contribution in [1.29, 1.82) is 0 Å². The first-order valence-electron chi connectivity index (χ1n) is 9.93. The molecule has 0 bridgehead atoms. The minimum atomic E-state index is -0.505. The molecule has 1 heterocycles. The van der Waals surface area contributed by atoms with Gasteiger partial charge in [0.05, 0.1) is 17.2 Å². The minimum absolute atomic E-state index is 0.0538. The number of rotatable bonds is 10. The molecule has 0 saturated carbocycles. The lowest BCUT2D eigenvalue weighted by atomic mass is 10.1. The van der Waals surface area contributed by atoms with Gasteiger partial charge in [0.2, 0.25) is 5.91 Å². The third-order valence-corrected chi connectivity index (χ3v) is 5.56. The second kappa shape index (κ2) is 11.0. The second-order valence-corrected chi connectivity index (χ2v) is 7.88. The molecule has 11 heteroatoms. The Labute approximate surface area is 194 Å². The second-order valence-electron chi connectivity index (χ2n) is 6.94. The summed E-state index contributed by atoms with van der Waals surface area (Å²) in [6, 6.07) is 12.9. The molecule has 0 aliphatic heterocycles. The SMILES string of the molecule is C=CCn1c(CNC(=O)c2ccccc2C)nnc1SCC(=O)Nc1ccc([N+](=O)[O-])cc1. The highest BCUT2D eigenvalue weighted by Crippen LogP contribution is 2.19. The van der Waals surface area contributed by atoms with Crippen LogP contribution in [0.25, 0.3) is 0 Å². The number of benzene rings is 2. The summed E-state index contributed by atoms with van der Waals surface area (Å²) in [4.78, 5) is 35.0. The zero-order valence-electron chi connectivity index (χ0n) is 17.9. The molecule has 0 spiro atoms. The van der Waals surface area contributed by atoms with Gasteiger partial charge in [0.15, 0.2) is 11.0 Å². The van der Waals surface area contributed by atoms with E-state index < -0.39 is 4.92 Å². The number of aromatic nitrogens is 3. The number of hydrogen-bond donors (Lipinski definition) is 2. The average Bonchev–Trinajstić information content (AvgIpc) is 3.18. The van der Waals surface area contributed by atoms with Crippen LogP contribution < -0.4 is 10.6 Å². The predicted molar refractivity (Wildman–Crippen MR) is 125 cm³/mol. The molecule has 10 nitrogen and oxygen atoms in total. The maximum Gasteiger partial charge on any atom is 0.269 e. The standard InChI is InChI=1S/C22H22N6O4S/c1-3-12-27-19(13-23-21(30)18-7-5-4-6-15(18)2)25-26-22(27)33-14-20(29)24-16-8-10-17(11-9-16)28(31)32/h3-11H,1,12-14H2,2H3,(H,23,30)(H,24,29). The Morgan fingerprint density at radius 3 is 2.58 bits per heavy atom. The van der Waals surface area contributed by atoms with Gasteiger partial charge in [-0.3, -0.25) is 19.7 Å². The number of non-ortho nitro benzene ring substituents is 1. The van der Waals surface area contributed by atoms with Gasteiger partial charge in [-0.25, -0.2) is 0 Å². The molecule has 0 unspecified atom stereocenters. The Kier molecular flexibility index (Phi) is 7.92. The normalized spacial score (nSPS) is 10.5. The van der Waals surface area contributed by atoms with Gasteiger partial charge in [-0.1, -0.05) is 36.0 Å². The van der Waals surface area contributed by atoms with E-state index in [-0.39, 0.29) is 29.8 Å². The summed E-state index contributed by atoms with van der Waals surface area (Å²) >= 11 is 1.18. The van der Waals surface area contributed by atoms with E-state index in [4.69, 9.17) is 0 Å². The van der Waals surface area contributed by atoms with E-state index in [1.54, 1.807) is 22.8 Å². The molecule has 0 fully saturated rings. The Balaban J connectivity index is 1.60. The lowest BCUT2D eigenvalue weighted by Crippen LogP contribution is -2.25. The molecule has 0 aliphatic rings. The van der Waals surface area contributed by atoms with Gasteiger partial charge >= 0.3 is 0 Å². The molecule has 1 aromatic heterocycles. The van der Waals surface area contributed by atoms with Crippen molar-refractivity contribution >= 4 is 35.0 Å². The van der Waals surface area contributed by atoms with Crippen molar-refractivity contribution in [2.45, 2.75) is 25.2 Å². The third-order valence-electron chi connectivity index (χ3n) is 4.60. The molecule has 3 aromatic rings. The fraction of sp³-hybridized carbons (Fsp3) is 0.182. The summed E-state index contributed by atoms with van der Waals surface area (Å²) in [7, 11) is 0. The Morgan fingerprint density at radius 2 is 1.91 bits per heavy atom. The van der Waals surface area contributed by atoms with Crippen molar-refractivity contribution in [3.8, 4) is 0 Å². The topological polar surface area (TPSA) is 132 Å². The highest BCUT2D eigenvalue weighted by molar-refractivity contribution is 7.99. The summed E-state index contributed by atoms with van der Waals surface area (Å²) in [5.41, 5.74) is 1.86. The van der Waals surface area contributed by atoms with Crippen LogP contribution in [0.1, 0.15) is 21.7 Å². The molecule has 3 rings (SSSR count). The summed E-state index contributed by atoms with van der Waals surface area (Å²) < 4.78 is 1.77. The first-order valence-corrected chi connectivity index (χ1v) is 10.9. The quantitative estimate of drug-likeness (QED) is 0.203. The van der Waals surface area contributed by atoms with Crippen LogP contribution in [-0.2, 0) is 17.9 Å². The number of carbonyl (C=O) groups is 2. The molecule has 2 aromatic carbocycles. The Morgan fingerprint density at radius 1 is 1.18 bits per heavy atom. The summed E-state index contributed by atoms with van der Waals surface area (Å²) in [5, 5.41) is 25.0. The first-order chi connectivity index (χ1) is 15.9. The van der Waals surface area contributed by atoms with Crippen LogP contribution in [0.2, 0.25) is 0 Å². The number of nitro benzene ring substituents is 1. The number of anilines is 1. The van der Waals surface area contributed by atoms with Gasteiger partial charge in [0.1, 0.15) is 0 Å². The Hall–Kier alpha value is -3.99. The van der Waals surface area contributed by atoms with E-state index in [1.807, 2.05) is 19.1 Å². The molecule has 2 amide bonds. The van der Waals surface area contributed by atoms with E-state index in [0.717, 1.165) is 5.56 Å². The molecule has 0 radical (unpaired) electrons. The van der Waals surface area contributed by atoms with Gasteiger partial charge in [0.25, 0.3) is 11.6 Å². The monoisotopic (exact) mass is 466 g/mol. The van der Waals surface area contributed by atoms with Crippen LogP contribution in [0.5, 0.6) is 0 Å². The van der Waals surface area contributed by atoms with Crippen LogP contribution >= 0.6 is 11.8 Å². The summed E-state index contributed by atoms with van der Waals surface area (Å²) in [6.07, 6.45) is 1.68. The number of nitro groups is 1. The number of amides is 2. The zero-order chi connectivity index (χ0) is 23.8. The fourth-order valence-electron chi connectivity index (χ4n) is 2.94. The highest BCUT2D eigenvalue weighted by Gasteiger charge is 2.16. The van der Waals surface area contributed by atoms with Gasteiger partial charge in [-0.05, 0) is 30.7 Å². The van der Waals surface area contributed by atoms with E-state index in [9.17, 15) is 19.7 Å². The molecule has 0 aliphatic carbocycles. The van der Waals surface area contributed by atoms with E-state index >= 15 is 0 Å². The van der Waals surface area contributed by atoms with E-state index in [0.29, 0.717) is 28.8 Å². The molecule has 0 saturated heterocycles. The maximum absolute atomic E-state index is 12.5. The number of hydrogen-bond acceptors (Lipinski definition) is 7. The fourth-order valence-corrected chi connectivity index (χ4v) is 3.71. The maximum atomic E-state index is 12.5. The van der Waals surface area contributed by atoms with E-state index in [2.05, 4.69) is 27.4 Å².